The summed E-state index contributed by atoms with van der Waals surface area (Å²) in [5, 5.41) is 16.1. The maximum atomic E-state index is 12.7. The van der Waals surface area contributed by atoms with Crippen molar-refractivity contribution < 1.29 is 19.2 Å². The van der Waals surface area contributed by atoms with Crippen LogP contribution in [0.25, 0.3) is 6.08 Å². The average molecular weight is 425 g/mol. The van der Waals surface area contributed by atoms with Gasteiger partial charge in [0.15, 0.2) is 0 Å². The number of nitro groups is 1. The Morgan fingerprint density at radius 3 is 2.48 bits per heavy atom. The highest BCUT2D eigenvalue weighted by molar-refractivity contribution is 6.08. The van der Waals surface area contributed by atoms with E-state index in [4.69, 9.17) is 4.74 Å². The molecule has 2 aromatic carbocycles. The van der Waals surface area contributed by atoms with Crippen molar-refractivity contribution in [2.75, 3.05) is 11.9 Å². The molecular weight excluding hydrogens is 398 g/mol. The molecule has 2 rings (SSSR count). The Bertz CT molecular complexity index is 938. The third-order valence-electron chi connectivity index (χ3n) is 4.33. The van der Waals surface area contributed by atoms with E-state index < -0.39 is 16.7 Å². The van der Waals surface area contributed by atoms with Gasteiger partial charge in [0, 0.05) is 24.7 Å². The number of non-ortho nitro benzene ring substituents is 1. The number of nitrogens with zero attached hydrogens (tertiary/aromatic N) is 1. The van der Waals surface area contributed by atoms with Crippen molar-refractivity contribution in [1.82, 2.24) is 5.32 Å². The zero-order chi connectivity index (χ0) is 22.6. The highest BCUT2D eigenvalue weighted by atomic mass is 16.6. The molecule has 31 heavy (non-hydrogen) atoms. The van der Waals surface area contributed by atoms with Gasteiger partial charge in [0.25, 0.3) is 11.6 Å². The number of amides is 2. The highest BCUT2D eigenvalue weighted by Crippen LogP contribution is 2.18. The first kappa shape index (κ1) is 23.6. The molecule has 0 unspecified atom stereocenters. The van der Waals surface area contributed by atoms with Crippen LogP contribution in [0.15, 0.2) is 54.2 Å². The van der Waals surface area contributed by atoms with Crippen molar-refractivity contribution in [2.45, 2.75) is 39.5 Å². The molecule has 0 fully saturated rings. The molecule has 0 aliphatic heterocycles. The maximum absolute atomic E-state index is 12.7. The van der Waals surface area contributed by atoms with Gasteiger partial charge in [-0.1, -0.05) is 38.3 Å². The monoisotopic (exact) mass is 425 g/mol. The molecule has 0 aromatic heterocycles. The van der Waals surface area contributed by atoms with E-state index in [0.717, 1.165) is 12.8 Å². The molecule has 2 amide bonds. The van der Waals surface area contributed by atoms with Gasteiger partial charge in [-0.2, -0.15) is 0 Å². The average Bonchev–Trinajstić information content (AvgIpc) is 2.74. The fraction of sp³-hybridized carbons (Fsp3) is 0.304. The zero-order valence-electron chi connectivity index (χ0n) is 17.7. The largest absolute Gasteiger partial charge is 0.494 e. The van der Waals surface area contributed by atoms with Gasteiger partial charge >= 0.3 is 0 Å². The van der Waals surface area contributed by atoms with Gasteiger partial charge in [0.2, 0.25) is 5.91 Å². The van der Waals surface area contributed by atoms with E-state index in [1.165, 1.54) is 44.0 Å². The minimum atomic E-state index is -0.546. The Kier molecular flexibility index (Phi) is 9.22. The van der Waals surface area contributed by atoms with Crippen LogP contribution in [0, 0.1) is 10.1 Å². The first-order valence-electron chi connectivity index (χ1n) is 10.2. The molecule has 8 heteroatoms. The van der Waals surface area contributed by atoms with Crippen molar-refractivity contribution >= 4 is 29.3 Å². The number of nitrogens with one attached hydrogen (secondary N) is 2. The fourth-order valence-electron chi connectivity index (χ4n) is 2.79. The number of hydrogen-bond donors (Lipinski definition) is 2. The van der Waals surface area contributed by atoms with Crippen LogP contribution in [0.5, 0.6) is 5.75 Å². The van der Waals surface area contributed by atoms with Gasteiger partial charge in [0.1, 0.15) is 11.4 Å². The first-order chi connectivity index (χ1) is 14.9. The predicted molar refractivity (Wildman–Crippen MR) is 120 cm³/mol. The van der Waals surface area contributed by atoms with Crippen LogP contribution in [0.1, 0.15) is 45.1 Å². The predicted octanol–water partition coefficient (Wildman–Crippen LogP) is 4.67. The molecule has 0 radical (unpaired) electrons. The molecule has 0 heterocycles. The third kappa shape index (κ3) is 8.30. The summed E-state index contributed by atoms with van der Waals surface area (Å²) in [6.07, 6.45) is 5.87. The standard InChI is InChI=1S/C23H27N3O5/c1-3-4-5-6-14-31-21-12-10-19(11-13-21)25-23(28)22(24-17(2)27)16-18-8-7-9-20(15-18)26(29)30/h7-13,15-16H,3-6,14H2,1-2H3,(H,24,27)(H,25,28). The summed E-state index contributed by atoms with van der Waals surface area (Å²) >= 11 is 0. The Morgan fingerprint density at radius 1 is 1.10 bits per heavy atom. The van der Waals surface area contributed by atoms with Gasteiger partial charge < -0.3 is 15.4 Å². The molecule has 0 saturated heterocycles. The van der Waals surface area contributed by atoms with Crippen LogP contribution < -0.4 is 15.4 Å². The van der Waals surface area contributed by atoms with Crippen LogP contribution >= 0.6 is 0 Å². The summed E-state index contributed by atoms with van der Waals surface area (Å²) in [4.78, 5) is 34.6. The zero-order valence-corrected chi connectivity index (χ0v) is 17.7. The van der Waals surface area contributed by atoms with E-state index in [9.17, 15) is 19.7 Å². The molecular formula is C23H27N3O5. The van der Waals surface area contributed by atoms with E-state index >= 15 is 0 Å². The number of nitro benzene ring substituents is 1. The normalized spacial score (nSPS) is 11.0. The van der Waals surface area contributed by atoms with E-state index in [2.05, 4.69) is 17.6 Å². The lowest BCUT2D eigenvalue weighted by molar-refractivity contribution is -0.384. The van der Waals surface area contributed by atoms with Crippen LogP contribution in [-0.4, -0.2) is 23.3 Å². The molecule has 8 nitrogen and oxygen atoms in total. The van der Waals surface area contributed by atoms with E-state index in [0.29, 0.717) is 23.6 Å². The summed E-state index contributed by atoms with van der Waals surface area (Å²) in [5.41, 5.74) is 0.810. The van der Waals surface area contributed by atoms with Crippen LogP contribution in [0.2, 0.25) is 0 Å². The molecule has 0 spiro atoms. The highest BCUT2D eigenvalue weighted by Gasteiger charge is 2.13. The van der Waals surface area contributed by atoms with Crippen LogP contribution in [0.4, 0.5) is 11.4 Å². The number of ether oxygens (including phenoxy) is 1. The van der Waals surface area contributed by atoms with E-state index in [-0.39, 0.29) is 11.4 Å². The topological polar surface area (TPSA) is 111 Å². The third-order valence-corrected chi connectivity index (χ3v) is 4.33. The van der Waals surface area contributed by atoms with Gasteiger partial charge in [-0.25, -0.2) is 0 Å². The van der Waals surface area contributed by atoms with Crippen LogP contribution in [0.3, 0.4) is 0 Å². The van der Waals surface area contributed by atoms with Gasteiger partial charge in [-0.05, 0) is 42.3 Å². The second-order valence-corrected chi connectivity index (χ2v) is 6.98. The fourth-order valence-corrected chi connectivity index (χ4v) is 2.79. The number of carbonyl (C=O) groups is 2. The molecule has 0 aliphatic carbocycles. The molecule has 0 aliphatic rings. The van der Waals surface area contributed by atoms with Crippen molar-refractivity contribution in [2.24, 2.45) is 0 Å². The molecule has 0 atom stereocenters. The first-order valence-corrected chi connectivity index (χ1v) is 10.2. The summed E-state index contributed by atoms with van der Waals surface area (Å²) in [7, 11) is 0. The number of unbranched alkanes of at least 4 members (excludes halogenated alkanes) is 3. The molecule has 2 aromatic rings. The second-order valence-electron chi connectivity index (χ2n) is 6.98. The van der Waals surface area contributed by atoms with Crippen molar-refractivity contribution in [3.63, 3.8) is 0 Å². The van der Waals surface area contributed by atoms with Gasteiger partial charge in [0.05, 0.1) is 11.5 Å². The molecule has 0 saturated carbocycles. The van der Waals surface area contributed by atoms with E-state index in [1.807, 2.05) is 0 Å². The number of anilines is 1. The smallest absolute Gasteiger partial charge is 0.272 e. The summed E-state index contributed by atoms with van der Waals surface area (Å²) in [6.45, 7) is 4.08. The summed E-state index contributed by atoms with van der Waals surface area (Å²) in [6, 6.07) is 12.7. The second kappa shape index (κ2) is 12.1. The van der Waals surface area contributed by atoms with Gasteiger partial charge in [-0.15, -0.1) is 0 Å². The minimum Gasteiger partial charge on any atom is -0.494 e. The molecule has 0 bridgehead atoms. The van der Waals surface area contributed by atoms with E-state index in [1.54, 1.807) is 30.3 Å². The number of carbonyl (C=O) groups excluding carboxylic acids is 2. The van der Waals surface area contributed by atoms with Crippen molar-refractivity contribution in [3.8, 4) is 5.75 Å². The quantitative estimate of drug-likeness (QED) is 0.235. The lowest BCUT2D eigenvalue weighted by atomic mass is 10.1. The van der Waals surface area contributed by atoms with Crippen molar-refractivity contribution in [3.05, 3.63) is 69.9 Å². The minimum absolute atomic E-state index is 0.0238. The Labute approximate surface area is 181 Å². The number of benzene rings is 2. The number of hydrogen-bond acceptors (Lipinski definition) is 5. The Hall–Kier alpha value is -3.68. The summed E-state index contributed by atoms with van der Waals surface area (Å²) < 4.78 is 5.69. The number of rotatable bonds is 11. The Morgan fingerprint density at radius 2 is 1.84 bits per heavy atom. The SMILES string of the molecule is CCCCCCOc1ccc(NC(=O)C(=Cc2cccc([N+](=O)[O-])c2)NC(C)=O)cc1. The molecule has 164 valence electrons. The lowest BCUT2D eigenvalue weighted by Gasteiger charge is -2.11. The van der Waals surface area contributed by atoms with Gasteiger partial charge in [-0.3, -0.25) is 19.7 Å². The van der Waals surface area contributed by atoms with Crippen LogP contribution in [-0.2, 0) is 9.59 Å². The van der Waals surface area contributed by atoms with Crippen molar-refractivity contribution in [1.29, 1.82) is 0 Å². The Balaban J connectivity index is 2.06. The summed E-state index contributed by atoms with van der Waals surface area (Å²) in [5.74, 6) is -0.266. The maximum Gasteiger partial charge on any atom is 0.272 e. The lowest BCUT2D eigenvalue weighted by Crippen LogP contribution is -2.28. The molecule has 2 N–H and O–H groups in total.